The molecule has 6 heteroatoms. The molecular formula is C25H32N4O2. The van der Waals surface area contributed by atoms with Gasteiger partial charge >= 0.3 is 0 Å². The molecule has 0 aromatic heterocycles. The van der Waals surface area contributed by atoms with Crippen molar-refractivity contribution in [3.8, 4) is 0 Å². The Kier molecular flexibility index (Phi) is 5.36. The van der Waals surface area contributed by atoms with Gasteiger partial charge < -0.3 is 25.2 Å². The van der Waals surface area contributed by atoms with Crippen molar-refractivity contribution in [2.75, 3.05) is 48.0 Å². The fourth-order valence-corrected chi connectivity index (χ4v) is 5.00. The highest BCUT2D eigenvalue weighted by molar-refractivity contribution is 5.94. The summed E-state index contributed by atoms with van der Waals surface area (Å²) >= 11 is 0. The summed E-state index contributed by atoms with van der Waals surface area (Å²) in [4.78, 5) is 16.9. The predicted molar refractivity (Wildman–Crippen MR) is 125 cm³/mol. The van der Waals surface area contributed by atoms with E-state index in [0.29, 0.717) is 6.04 Å². The number of nitrogens with zero attached hydrogens (tertiary/aromatic N) is 2. The Labute approximate surface area is 184 Å². The maximum Gasteiger partial charge on any atom is 0.224 e. The summed E-state index contributed by atoms with van der Waals surface area (Å²) in [5, 5.41) is 7.15. The lowest BCUT2D eigenvalue weighted by molar-refractivity contribution is -0.117. The van der Waals surface area contributed by atoms with Crippen molar-refractivity contribution in [1.82, 2.24) is 5.32 Å². The fraction of sp³-hybridized carbons (Fsp3) is 0.480. The monoisotopic (exact) mass is 420 g/mol. The summed E-state index contributed by atoms with van der Waals surface area (Å²) in [5.74, 6) is 0.362. The Morgan fingerprint density at radius 3 is 2.45 bits per heavy atom. The molecule has 2 fully saturated rings. The molecule has 0 spiro atoms. The van der Waals surface area contributed by atoms with E-state index in [2.05, 4.69) is 71.8 Å². The summed E-state index contributed by atoms with van der Waals surface area (Å²) in [6, 6.07) is 16.1. The van der Waals surface area contributed by atoms with Gasteiger partial charge in [-0.3, -0.25) is 4.79 Å². The third-order valence-corrected chi connectivity index (χ3v) is 7.06. The molecule has 164 valence electrons. The van der Waals surface area contributed by atoms with E-state index in [4.69, 9.17) is 4.74 Å². The molecule has 2 aromatic rings. The molecule has 31 heavy (non-hydrogen) atoms. The largest absolute Gasteiger partial charge is 0.378 e. The number of fused-ring (bicyclic) bond motifs is 1. The minimum absolute atomic E-state index is 0.0967. The first-order chi connectivity index (χ1) is 15.0. The zero-order valence-electron chi connectivity index (χ0n) is 18.6. The first kappa shape index (κ1) is 20.3. The van der Waals surface area contributed by atoms with Crippen molar-refractivity contribution in [3.05, 3.63) is 53.6 Å². The van der Waals surface area contributed by atoms with Gasteiger partial charge in [-0.2, -0.15) is 0 Å². The Balaban J connectivity index is 1.50. The summed E-state index contributed by atoms with van der Waals surface area (Å²) in [6.45, 7) is 10.4. The Bertz CT molecular complexity index is 950. The molecule has 6 nitrogen and oxygen atoms in total. The molecule has 1 unspecified atom stereocenters. The highest BCUT2D eigenvalue weighted by Crippen LogP contribution is 2.44. The van der Waals surface area contributed by atoms with Crippen LogP contribution in [0.25, 0.3) is 0 Å². The Morgan fingerprint density at radius 2 is 1.81 bits per heavy atom. The third kappa shape index (κ3) is 3.90. The zero-order chi connectivity index (χ0) is 21.5. The van der Waals surface area contributed by atoms with Crippen molar-refractivity contribution in [3.63, 3.8) is 0 Å². The molecule has 3 heterocycles. The van der Waals surface area contributed by atoms with E-state index in [1.165, 1.54) is 16.8 Å². The molecular weight excluding hydrogens is 388 g/mol. The van der Waals surface area contributed by atoms with Gasteiger partial charge in [0.1, 0.15) is 0 Å². The summed E-state index contributed by atoms with van der Waals surface area (Å²) in [5.41, 5.74) is 5.87. The second-order valence-corrected chi connectivity index (χ2v) is 9.04. The molecule has 4 atom stereocenters. The number of nitrogens with one attached hydrogen (secondary N) is 2. The maximum atomic E-state index is 12.5. The van der Waals surface area contributed by atoms with Crippen LogP contribution in [0.1, 0.15) is 44.0 Å². The molecule has 0 radical (unpaired) electrons. The molecule has 2 aromatic carbocycles. The number of hydrogen-bond acceptors (Lipinski definition) is 5. The molecule has 3 aliphatic heterocycles. The predicted octanol–water partition coefficient (Wildman–Crippen LogP) is 3.71. The number of hydrogen-bond donors (Lipinski definition) is 2. The van der Waals surface area contributed by atoms with Gasteiger partial charge in [0.2, 0.25) is 5.91 Å². The van der Waals surface area contributed by atoms with Gasteiger partial charge in [0, 0.05) is 67.2 Å². The number of amides is 1. The molecule has 0 aliphatic carbocycles. The van der Waals surface area contributed by atoms with Crippen LogP contribution in [0, 0.1) is 5.92 Å². The zero-order valence-corrected chi connectivity index (χ0v) is 18.6. The minimum Gasteiger partial charge on any atom is -0.378 e. The number of anilines is 3. The maximum absolute atomic E-state index is 12.5. The van der Waals surface area contributed by atoms with Crippen LogP contribution in [-0.4, -0.2) is 44.8 Å². The van der Waals surface area contributed by atoms with Gasteiger partial charge in [-0.25, -0.2) is 0 Å². The van der Waals surface area contributed by atoms with Crippen LogP contribution in [-0.2, 0) is 9.53 Å². The second-order valence-electron chi connectivity index (χ2n) is 9.04. The van der Waals surface area contributed by atoms with Gasteiger partial charge in [-0.15, -0.1) is 0 Å². The number of carbonyl (C=O) groups excluding carboxylic acids is 1. The number of carbonyl (C=O) groups is 1. The van der Waals surface area contributed by atoms with Crippen LogP contribution in [0.4, 0.5) is 17.1 Å². The number of morpholine rings is 1. The van der Waals surface area contributed by atoms with E-state index in [9.17, 15) is 4.79 Å². The van der Waals surface area contributed by atoms with E-state index in [1.54, 1.807) is 6.92 Å². The second kappa shape index (κ2) is 8.17. The first-order valence-electron chi connectivity index (χ1n) is 11.4. The van der Waals surface area contributed by atoms with Gasteiger partial charge in [0.25, 0.3) is 0 Å². The molecule has 3 aliphatic rings. The number of benzene rings is 2. The standard InChI is InChI=1S/C25H32N4O2/c1-16-17(2)29(18(3)30)24-9-8-21(28-10-12-31-13-11-28)14-22(24)25(16)27-20-6-4-19(5-7-20)23-15-26-23/h4-9,14,16-17,23,25-27H,10-13,15H2,1-3H3/t16-,17-,23?,25+/m0/s1. The molecule has 2 saturated heterocycles. The smallest absolute Gasteiger partial charge is 0.224 e. The summed E-state index contributed by atoms with van der Waals surface area (Å²) in [6.07, 6.45) is 0. The molecule has 2 N–H and O–H groups in total. The number of rotatable bonds is 4. The van der Waals surface area contributed by atoms with E-state index < -0.39 is 0 Å². The van der Waals surface area contributed by atoms with Crippen LogP contribution < -0.4 is 20.4 Å². The van der Waals surface area contributed by atoms with Crippen LogP contribution >= 0.6 is 0 Å². The van der Waals surface area contributed by atoms with Crippen LogP contribution in [0.15, 0.2) is 42.5 Å². The van der Waals surface area contributed by atoms with E-state index in [-0.39, 0.29) is 23.9 Å². The SMILES string of the molecule is CC(=O)N1c2ccc(N3CCOCC3)cc2[C@H](Nc2ccc(C3CN3)cc2)[C@@H](C)[C@@H]1C. The van der Waals surface area contributed by atoms with Crippen molar-refractivity contribution in [2.24, 2.45) is 5.92 Å². The molecule has 5 rings (SSSR count). The van der Waals surface area contributed by atoms with Gasteiger partial charge in [-0.05, 0) is 42.8 Å². The topological polar surface area (TPSA) is 66.8 Å². The molecule has 0 saturated carbocycles. The Hall–Kier alpha value is -2.57. The van der Waals surface area contributed by atoms with Crippen molar-refractivity contribution in [1.29, 1.82) is 0 Å². The highest BCUT2D eigenvalue weighted by Gasteiger charge is 2.38. The van der Waals surface area contributed by atoms with E-state index in [0.717, 1.165) is 44.2 Å². The first-order valence-corrected chi connectivity index (χ1v) is 11.4. The lowest BCUT2D eigenvalue weighted by atomic mass is 9.82. The van der Waals surface area contributed by atoms with Crippen LogP contribution in [0.3, 0.4) is 0 Å². The average Bonchev–Trinajstić information content (AvgIpc) is 3.63. The van der Waals surface area contributed by atoms with Gasteiger partial charge in [-0.1, -0.05) is 19.1 Å². The van der Waals surface area contributed by atoms with Crippen molar-refractivity contribution in [2.45, 2.75) is 38.9 Å². The highest BCUT2D eigenvalue weighted by atomic mass is 16.5. The lowest BCUT2D eigenvalue weighted by Crippen LogP contribution is -2.48. The fourth-order valence-electron chi connectivity index (χ4n) is 5.00. The number of ether oxygens (including phenoxy) is 1. The summed E-state index contributed by atoms with van der Waals surface area (Å²) in [7, 11) is 0. The Morgan fingerprint density at radius 1 is 1.10 bits per heavy atom. The van der Waals surface area contributed by atoms with Gasteiger partial charge in [0.15, 0.2) is 0 Å². The van der Waals surface area contributed by atoms with E-state index in [1.807, 2.05) is 4.90 Å². The van der Waals surface area contributed by atoms with Crippen molar-refractivity contribution >= 4 is 23.0 Å². The normalized spacial score (nSPS) is 27.6. The van der Waals surface area contributed by atoms with Crippen molar-refractivity contribution < 1.29 is 9.53 Å². The average molecular weight is 421 g/mol. The van der Waals surface area contributed by atoms with E-state index >= 15 is 0 Å². The third-order valence-electron chi connectivity index (χ3n) is 7.06. The quantitative estimate of drug-likeness (QED) is 0.738. The molecule has 0 bridgehead atoms. The van der Waals surface area contributed by atoms with Gasteiger partial charge in [0.05, 0.1) is 19.3 Å². The lowest BCUT2D eigenvalue weighted by Gasteiger charge is -2.44. The molecule has 1 amide bonds. The van der Waals surface area contributed by atoms with Crippen LogP contribution in [0.2, 0.25) is 0 Å². The van der Waals surface area contributed by atoms with Crippen LogP contribution in [0.5, 0.6) is 0 Å². The summed E-state index contributed by atoms with van der Waals surface area (Å²) < 4.78 is 5.53. The minimum atomic E-state index is 0.0967.